The van der Waals surface area contributed by atoms with Gasteiger partial charge in [0.05, 0.1) is 31.5 Å². The first-order valence-corrected chi connectivity index (χ1v) is 8.94. The van der Waals surface area contributed by atoms with Gasteiger partial charge in [-0.2, -0.15) is 0 Å². The average Bonchev–Trinajstić information content (AvgIpc) is 2.72. The van der Waals surface area contributed by atoms with E-state index in [-0.39, 0.29) is 25.0 Å². The van der Waals surface area contributed by atoms with E-state index in [1.165, 1.54) is 0 Å². The molecule has 7 nitrogen and oxygen atoms in total. The number of hydrogen-bond acceptors (Lipinski definition) is 5. The predicted octanol–water partition coefficient (Wildman–Crippen LogP) is 2.13. The number of pyridine rings is 1. The zero-order valence-corrected chi connectivity index (χ0v) is 15.0. The SMILES string of the molecule is O=C(C[C@@H]1COCCN1C(=O)OCc1ccccc1)NCc1ccccn1. The highest BCUT2D eigenvalue weighted by atomic mass is 16.6. The Morgan fingerprint density at radius 2 is 2.00 bits per heavy atom. The summed E-state index contributed by atoms with van der Waals surface area (Å²) in [5.41, 5.74) is 1.70. The van der Waals surface area contributed by atoms with E-state index < -0.39 is 6.09 Å². The third kappa shape index (κ3) is 5.79. The lowest BCUT2D eigenvalue weighted by Crippen LogP contribution is -2.50. The van der Waals surface area contributed by atoms with Crippen molar-refractivity contribution >= 4 is 12.0 Å². The van der Waals surface area contributed by atoms with Gasteiger partial charge in [0.1, 0.15) is 6.61 Å². The number of benzene rings is 1. The van der Waals surface area contributed by atoms with E-state index >= 15 is 0 Å². The normalized spacial score (nSPS) is 16.6. The van der Waals surface area contributed by atoms with Crippen LogP contribution in [0.2, 0.25) is 0 Å². The smallest absolute Gasteiger partial charge is 0.410 e. The summed E-state index contributed by atoms with van der Waals surface area (Å²) in [5, 5.41) is 2.83. The lowest BCUT2D eigenvalue weighted by atomic mass is 10.1. The van der Waals surface area contributed by atoms with E-state index in [0.717, 1.165) is 11.3 Å². The first-order valence-electron chi connectivity index (χ1n) is 8.94. The van der Waals surface area contributed by atoms with Crippen LogP contribution in [0.4, 0.5) is 4.79 Å². The number of aromatic nitrogens is 1. The minimum absolute atomic E-state index is 0.156. The van der Waals surface area contributed by atoms with Crippen LogP contribution >= 0.6 is 0 Å². The van der Waals surface area contributed by atoms with Gasteiger partial charge in [0.2, 0.25) is 5.91 Å². The van der Waals surface area contributed by atoms with Crippen LogP contribution in [-0.4, -0.2) is 47.7 Å². The highest BCUT2D eigenvalue weighted by Crippen LogP contribution is 2.13. The Hall–Kier alpha value is -2.93. The van der Waals surface area contributed by atoms with Crippen LogP contribution in [0.1, 0.15) is 17.7 Å². The number of nitrogens with one attached hydrogen (secondary N) is 1. The molecule has 0 radical (unpaired) electrons. The molecule has 2 aromatic rings. The molecule has 0 unspecified atom stereocenters. The fourth-order valence-electron chi connectivity index (χ4n) is 2.84. The summed E-state index contributed by atoms with van der Waals surface area (Å²) in [4.78, 5) is 30.5. The van der Waals surface area contributed by atoms with Crippen molar-refractivity contribution in [3.63, 3.8) is 0 Å². The van der Waals surface area contributed by atoms with E-state index in [4.69, 9.17) is 9.47 Å². The van der Waals surface area contributed by atoms with Crippen molar-refractivity contribution < 1.29 is 19.1 Å². The van der Waals surface area contributed by atoms with Gasteiger partial charge >= 0.3 is 6.09 Å². The fraction of sp³-hybridized carbons (Fsp3) is 0.350. The molecule has 27 heavy (non-hydrogen) atoms. The van der Waals surface area contributed by atoms with Crippen molar-refractivity contribution in [1.82, 2.24) is 15.2 Å². The number of carbonyl (C=O) groups excluding carboxylic acids is 2. The first kappa shape index (κ1) is 18.8. The van der Waals surface area contributed by atoms with Gasteiger partial charge in [0.15, 0.2) is 0 Å². The standard InChI is InChI=1S/C20H23N3O4/c24-19(22-13-17-8-4-5-9-21-17)12-18-15-26-11-10-23(18)20(25)27-14-16-6-2-1-3-7-16/h1-9,18H,10-15H2,(H,22,24)/t18-/m1/s1. The van der Waals surface area contributed by atoms with Crippen LogP contribution in [0.15, 0.2) is 54.7 Å². The summed E-state index contributed by atoms with van der Waals surface area (Å²) in [5.74, 6) is -0.156. The molecule has 0 bridgehead atoms. The molecule has 2 heterocycles. The first-order chi connectivity index (χ1) is 13.2. The van der Waals surface area contributed by atoms with Crippen molar-refractivity contribution in [3.8, 4) is 0 Å². The molecule has 1 fully saturated rings. The number of morpholine rings is 1. The minimum atomic E-state index is -0.426. The molecule has 1 aliphatic heterocycles. The van der Waals surface area contributed by atoms with Gasteiger partial charge in [0, 0.05) is 19.2 Å². The molecule has 1 saturated heterocycles. The van der Waals surface area contributed by atoms with Crippen molar-refractivity contribution in [2.24, 2.45) is 0 Å². The zero-order chi connectivity index (χ0) is 18.9. The Bertz CT molecular complexity index is 739. The minimum Gasteiger partial charge on any atom is -0.445 e. The van der Waals surface area contributed by atoms with Crippen molar-refractivity contribution in [2.45, 2.75) is 25.6 Å². The summed E-state index contributed by atoms with van der Waals surface area (Å²) in [7, 11) is 0. The number of amides is 2. The molecule has 0 aliphatic carbocycles. The molecule has 1 N–H and O–H groups in total. The Balaban J connectivity index is 1.50. The Morgan fingerprint density at radius 1 is 1.19 bits per heavy atom. The molecule has 0 saturated carbocycles. The lowest BCUT2D eigenvalue weighted by Gasteiger charge is -2.34. The average molecular weight is 369 g/mol. The van der Waals surface area contributed by atoms with Crippen molar-refractivity contribution in [1.29, 1.82) is 0 Å². The maximum Gasteiger partial charge on any atom is 0.410 e. The second kappa shape index (κ2) is 9.68. The molecular formula is C20H23N3O4. The quantitative estimate of drug-likeness (QED) is 0.844. The second-order valence-electron chi connectivity index (χ2n) is 6.26. The van der Waals surface area contributed by atoms with E-state index in [1.807, 2.05) is 48.5 Å². The number of hydrogen-bond donors (Lipinski definition) is 1. The lowest BCUT2D eigenvalue weighted by molar-refractivity contribution is -0.123. The molecule has 2 amide bonds. The maximum absolute atomic E-state index is 12.4. The second-order valence-corrected chi connectivity index (χ2v) is 6.26. The van der Waals surface area contributed by atoms with Crippen molar-refractivity contribution in [3.05, 3.63) is 66.0 Å². The molecule has 7 heteroatoms. The summed E-state index contributed by atoms with van der Waals surface area (Å²) in [6.07, 6.45) is 1.42. The van der Waals surface area contributed by atoms with Crippen LogP contribution in [0.5, 0.6) is 0 Å². The van der Waals surface area contributed by atoms with Gasteiger partial charge in [-0.05, 0) is 17.7 Å². The van der Waals surface area contributed by atoms with Gasteiger partial charge < -0.3 is 19.7 Å². The van der Waals surface area contributed by atoms with Gasteiger partial charge in [-0.1, -0.05) is 36.4 Å². The van der Waals surface area contributed by atoms with Gasteiger partial charge in [-0.15, -0.1) is 0 Å². The number of ether oxygens (including phenoxy) is 2. The molecule has 1 aromatic carbocycles. The summed E-state index contributed by atoms with van der Waals surface area (Å²) >= 11 is 0. The summed E-state index contributed by atoms with van der Waals surface area (Å²) in [6, 6.07) is 14.7. The highest BCUT2D eigenvalue weighted by Gasteiger charge is 2.30. The van der Waals surface area contributed by atoms with Crippen molar-refractivity contribution in [2.75, 3.05) is 19.8 Å². The van der Waals surface area contributed by atoms with Crippen LogP contribution in [-0.2, 0) is 27.4 Å². The fourth-order valence-corrected chi connectivity index (χ4v) is 2.84. The van der Waals surface area contributed by atoms with E-state index in [0.29, 0.717) is 26.3 Å². The highest BCUT2D eigenvalue weighted by molar-refractivity contribution is 5.77. The maximum atomic E-state index is 12.4. The largest absolute Gasteiger partial charge is 0.445 e. The number of nitrogens with zero attached hydrogens (tertiary/aromatic N) is 2. The number of carbonyl (C=O) groups is 2. The van der Waals surface area contributed by atoms with Crippen LogP contribution in [0, 0.1) is 0 Å². The summed E-state index contributed by atoms with van der Waals surface area (Å²) < 4.78 is 10.8. The van der Waals surface area contributed by atoms with Gasteiger partial charge in [0.25, 0.3) is 0 Å². The van der Waals surface area contributed by atoms with Crippen LogP contribution < -0.4 is 5.32 Å². The molecule has 1 aromatic heterocycles. The predicted molar refractivity (Wildman–Crippen MR) is 98.6 cm³/mol. The van der Waals surface area contributed by atoms with Gasteiger partial charge in [-0.3, -0.25) is 9.78 Å². The van der Waals surface area contributed by atoms with Crippen LogP contribution in [0.25, 0.3) is 0 Å². The summed E-state index contributed by atoms with van der Waals surface area (Å²) in [6.45, 7) is 1.72. The third-order valence-electron chi connectivity index (χ3n) is 4.28. The Kier molecular flexibility index (Phi) is 6.76. The van der Waals surface area contributed by atoms with E-state index in [2.05, 4.69) is 10.3 Å². The Labute approximate surface area is 158 Å². The molecule has 0 spiro atoms. The van der Waals surface area contributed by atoms with E-state index in [9.17, 15) is 9.59 Å². The number of rotatable bonds is 6. The monoisotopic (exact) mass is 369 g/mol. The van der Waals surface area contributed by atoms with E-state index in [1.54, 1.807) is 11.1 Å². The zero-order valence-electron chi connectivity index (χ0n) is 15.0. The third-order valence-corrected chi connectivity index (χ3v) is 4.28. The molecule has 142 valence electrons. The molecule has 1 aliphatic rings. The van der Waals surface area contributed by atoms with Gasteiger partial charge in [-0.25, -0.2) is 4.79 Å². The Morgan fingerprint density at radius 3 is 2.78 bits per heavy atom. The topological polar surface area (TPSA) is 80.8 Å². The molecule has 1 atom stereocenters. The van der Waals surface area contributed by atoms with Crippen LogP contribution in [0.3, 0.4) is 0 Å². The molecule has 3 rings (SSSR count). The molecular weight excluding hydrogens is 346 g/mol.